The first kappa shape index (κ1) is 7.34. The Morgan fingerprint density at radius 2 is 2.50 bits per heavy atom. The standard InChI is InChI=1S/C6H8N2OS/c1-5(9)10-6-7-3-4-8(6)2/h3-4H,1-2H3. The molecule has 0 saturated heterocycles. The van der Waals surface area contributed by atoms with Crippen molar-refractivity contribution in [2.24, 2.45) is 7.05 Å². The van der Waals surface area contributed by atoms with Crippen molar-refractivity contribution in [1.29, 1.82) is 0 Å². The molecule has 0 saturated carbocycles. The first-order valence-corrected chi connectivity index (χ1v) is 3.67. The summed E-state index contributed by atoms with van der Waals surface area (Å²) in [5, 5.41) is 0.807. The van der Waals surface area contributed by atoms with E-state index in [0.29, 0.717) is 0 Å². The van der Waals surface area contributed by atoms with Crippen LogP contribution in [0.4, 0.5) is 0 Å². The van der Waals surface area contributed by atoms with Crippen molar-refractivity contribution in [3.05, 3.63) is 12.4 Å². The van der Waals surface area contributed by atoms with Crippen LogP contribution in [-0.4, -0.2) is 14.7 Å². The molecule has 0 aliphatic carbocycles. The number of nitrogens with zero attached hydrogens (tertiary/aromatic N) is 2. The van der Waals surface area contributed by atoms with E-state index in [4.69, 9.17) is 0 Å². The third kappa shape index (κ3) is 1.60. The molecule has 0 aromatic carbocycles. The Kier molecular flexibility index (Phi) is 2.11. The van der Waals surface area contributed by atoms with E-state index in [2.05, 4.69) is 4.98 Å². The summed E-state index contributed by atoms with van der Waals surface area (Å²) in [6.07, 6.45) is 3.48. The molecule has 3 nitrogen and oxygen atoms in total. The molecular formula is C6H8N2OS. The van der Waals surface area contributed by atoms with E-state index in [1.54, 1.807) is 6.20 Å². The van der Waals surface area contributed by atoms with Crippen LogP contribution in [0.1, 0.15) is 6.92 Å². The molecule has 4 heteroatoms. The minimum atomic E-state index is 0.0642. The van der Waals surface area contributed by atoms with Crippen molar-refractivity contribution >= 4 is 16.9 Å². The average molecular weight is 156 g/mol. The SMILES string of the molecule is CC(=O)Sc1nccn1C. The molecule has 1 rings (SSSR count). The lowest BCUT2D eigenvalue weighted by molar-refractivity contribution is -0.109. The lowest BCUT2D eigenvalue weighted by atomic mass is 10.9. The predicted molar refractivity (Wildman–Crippen MR) is 39.7 cm³/mol. The number of aryl methyl sites for hydroxylation is 1. The first-order valence-electron chi connectivity index (χ1n) is 2.86. The van der Waals surface area contributed by atoms with Gasteiger partial charge in [-0.2, -0.15) is 0 Å². The van der Waals surface area contributed by atoms with E-state index < -0.39 is 0 Å². The number of rotatable bonds is 1. The third-order valence-corrected chi connectivity index (χ3v) is 1.88. The maximum atomic E-state index is 10.6. The number of carbonyl (C=O) groups is 1. The number of imidazole rings is 1. The minimum absolute atomic E-state index is 0.0642. The highest BCUT2D eigenvalue weighted by atomic mass is 32.2. The molecule has 0 amide bonds. The molecule has 10 heavy (non-hydrogen) atoms. The molecule has 0 atom stereocenters. The van der Waals surface area contributed by atoms with Gasteiger partial charge in [-0.05, 0) is 11.8 Å². The van der Waals surface area contributed by atoms with Crippen LogP contribution in [0.5, 0.6) is 0 Å². The molecule has 0 fully saturated rings. The summed E-state index contributed by atoms with van der Waals surface area (Å²) in [6, 6.07) is 0. The smallest absolute Gasteiger partial charge is 0.193 e. The van der Waals surface area contributed by atoms with Crippen molar-refractivity contribution in [2.45, 2.75) is 12.1 Å². The molecule has 0 radical (unpaired) electrons. The lowest BCUT2D eigenvalue weighted by Gasteiger charge is -1.94. The number of aromatic nitrogens is 2. The summed E-state index contributed by atoms with van der Waals surface area (Å²) in [4.78, 5) is 14.5. The van der Waals surface area contributed by atoms with Gasteiger partial charge in [0.05, 0.1) is 0 Å². The van der Waals surface area contributed by atoms with Gasteiger partial charge in [0.2, 0.25) is 0 Å². The van der Waals surface area contributed by atoms with E-state index >= 15 is 0 Å². The summed E-state index contributed by atoms with van der Waals surface area (Å²) in [5.41, 5.74) is 0. The fourth-order valence-electron chi connectivity index (χ4n) is 0.579. The highest BCUT2D eigenvalue weighted by Gasteiger charge is 2.01. The van der Waals surface area contributed by atoms with Gasteiger partial charge in [0.15, 0.2) is 10.3 Å². The maximum absolute atomic E-state index is 10.6. The maximum Gasteiger partial charge on any atom is 0.193 e. The zero-order valence-corrected chi connectivity index (χ0v) is 6.68. The van der Waals surface area contributed by atoms with Crippen molar-refractivity contribution in [3.8, 4) is 0 Å². The highest BCUT2D eigenvalue weighted by molar-refractivity contribution is 8.13. The van der Waals surface area contributed by atoms with E-state index in [9.17, 15) is 4.79 Å². The number of hydrogen-bond acceptors (Lipinski definition) is 3. The van der Waals surface area contributed by atoms with E-state index in [-0.39, 0.29) is 5.12 Å². The molecule has 1 aromatic heterocycles. The van der Waals surface area contributed by atoms with Gasteiger partial charge in [0.25, 0.3) is 0 Å². The summed E-state index contributed by atoms with van der Waals surface area (Å²) in [7, 11) is 1.86. The summed E-state index contributed by atoms with van der Waals surface area (Å²) in [6.45, 7) is 1.53. The Labute approximate surface area is 63.4 Å². The Morgan fingerprint density at radius 3 is 2.90 bits per heavy atom. The van der Waals surface area contributed by atoms with Crippen molar-refractivity contribution in [2.75, 3.05) is 0 Å². The van der Waals surface area contributed by atoms with Gasteiger partial charge in [-0.1, -0.05) is 0 Å². The zero-order valence-electron chi connectivity index (χ0n) is 5.87. The van der Waals surface area contributed by atoms with E-state index in [0.717, 1.165) is 16.9 Å². The second-order valence-electron chi connectivity index (χ2n) is 1.91. The summed E-state index contributed by atoms with van der Waals surface area (Å²) >= 11 is 1.14. The normalized spacial score (nSPS) is 9.80. The Bertz CT molecular complexity index is 244. The van der Waals surface area contributed by atoms with Crippen LogP contribution in [0.25, 0.3) is 0 Å². The van der Waals surface area contributed by atoms with Gasteiger partial charge in [-0.25, -0.2) is 4.98 Å². The summed E-state index contributed by atoms with van der Waals surface area (Å²) < 4.78 is 1.81. The van der Waals surface area contributed by atoms with Crippen molar-refractivity contribution in [1.82, 2.24) is 9.55 Å². The molecule has 0 aliphatic heterocycles. The van der Waals surface area contributed by atoms with Gasteiger partial charge in [0, 0.05) is 26.4 Å². The van der Waals surface area contributed by atoms with Crippen LogP contribution in [0.2, 0.25) is 0 Å². The van der Waals surface area contributed by atoms with Gasteiger partial charge in [-0.15, -0.1) is 0 Å². The Balaban J connectivity index is 2.74. The monoisotopic (exact) mass is 156 g/mol. The fraction of sp³-hybridized carbons (Fsp3) is 0.333. The molecule has 0 bridgehead atoms. The predicted octanol–water partition coefficient (Wildman–Crippen LogP) is 1.06. The topological polar surface area (TPSA) is 34.9 Å². The van der Waals surface area contributed by atoms with Crippen LogP contribution in [-0.2, 0) is 11.8 Å². The first-order chi connectivity index (χ1) is 4.70. The fourth-order valence-corrected chi connectivity index (χ4v) is 1.15. The quantitative estimate of drug-likeness (QED) is 0.570. The lowest BCUT2D eigenvalue weighted by Crippen LogP contribution is -1.91. The third-order valence-electron chi connectivity index (χ3n) is 1.01. The largest absolute Gasteiger partial charge is 0.329 e. The zero-order chi connectivity index (χ0) is 7.56. The van der Waals surface area contributed by atoms with Crippen LogP contribution < -0.4 is 0 Å². The molecule has 1 heterocycles. The van der Waals surface area contributed by atoms with Crippen LogP contribution >= 0.6 is 11.8 Å². The van der Waals surface area contributed by atoms with Gasteiger partial charge < -0.3 is 4.57 Å². The molecule has 0 aliphatic rings. The van der Waals surface area contributed by atoms with Crippen molar-refractivity contribution < 1.29 is 4.79 Å². The molecule has 54 valence electrons. The van der Waals surface area contributed by atoms with Gasteiger partial charge >= 0.3 is 0 Å². The van der Waals surface area contributed by atoms with Crippen LogP contribution in [0.15, 0.2) is 17.6 Å². The van der Waals surface area contributed by atoms with Gasteiger partial charge in [-0.3, -0.25) is 4.79 Å². The van der Waals surface area contributed by atoms with Crippen LogP contribution in [0.3, 0.4) is 0 Å². The Morgan fingerprint density at radius 1 is 1.80 bits per heavy atom. The Hall–Kier alpha value is -0.770. The molecule has 1 aromatic rings. The highest BCUT2D eigenvalue weighted by Crippen LogP contribution is 2.13. The second kappa shape index (κ2) is 2.88. The van der Waals surface area contributed by atoms with Crippen molar-refractivity contribution in [3.63, 3.8) is 0 Å². The molecular weight excluding hydrogens is 148 g/mol. The molecule has 0 spiro atoms. The minimum Gasteiger partial charge on any atom is -0.329 e. The van der Waals surface area contributed by atoms with Crippen LogP contribution in [0, 0.1) is 0 Å². The second-order valence-corrected chi connectivity index (χ2v) is 3.06. The number of thioether (sulfide) groups is 1. The molecule has 0 unspecified atom stereocenters. The summed E-state index contributed by atoms with van der Waals surface area (Å²) in [5.74, 6) is 0. The average Bonchev–Trinajstić information content (AvgIpc) is 2.15. The van der Waals surface area contributed by atoms with E-state index in [1.165, 1.54) is 6.92 Å². The number of carbonyl (C=O) groups excluding carboxylic acids is 1. The number of hydrogen-bond donors (Lipinski definition) is 0. The van der Waals surface area contributed by atoms with Gasteiger partial charge in [0.1, 0.15) is 0 Å². The van der Waals surface area contributed by atoms with E-state index in [1.807, 2.05) is 17.8 Å². The molecule has 0 N–H and O–H groups in total.